The summed E-state index contributed by atoms with van der Waals surface area (Å²) < 4.78 is 17.2. The van der Waals surface area contributed by atoms with Gasteiger partial charge in [0.2, 0.25) is 0 Å². The maximum Gasteiger partial charge on any atom is 0.393 e. The van der Waals surface area contributed by atoms with Crippen molar-refractivity contribution in [2.45, 2.75) is 12.2 Å². The molecule has 0 amide bonds. The summed E-state index contributed by atoms with van der Waals surface area (Å²) in [4.78, 5) is 9.91. The van der Waals surface area contributed by atoms with Crippen LogP contribution in [-0.2, 0) is 11.0 Å². The molecule has 5 heteroatoms. The van der Waals surface area contributed by atoms with Crippen molar-refractivity contribution in [2.24, 2.45) is 5.73 Å². The van der Waals surface area contributed by atoms with Gasteiger partial charge in [0.1, 0.15) is 11.5 Å². The van der Waals surface area contributed by atoms with E-state index in [1.165, 1.54) is 0 Å². The van der Waals surface area contributed by atoms with E-state index in [2.05, 4.69) is 0 Å². The van der Waals surface area contributed by atoms with Crippen LogP contribution in [-0.4, -0.2) is 10.7 Å². The Morgan fingerprint density at radius 1 is 1.05 bits per heavy atom. The topological polar surface area (TPSA) is 72.6 Å². The smallest absolute Gasteiger partial charge is 0.393 e. The summed E-state index contributed by atoms with van der Waals surface area (Å²) in [5.41, 5.74) is 6.70. The lowest BCUT2D eigenvalue weighted by Crippen LogP contribution is -2.25. The van der Waals surface area contributed by atoms with E-state index < -0.39 is 13.4 Å². The molecule has 0 saturated heterocycles. The summed E-state index contributed by atoms with van der Waals surface area (Å²) in [6.45, 7) is 0. The molecule has 2 aromatic rings. The Bertz CT molecular complexity index is 559. The number of rotatable bonds is 5. The van der Waals surface area contributed by atoms with Gasteiger partial charge in [0.05, 0.1) is 0 Å². The molecule has 0 heterocycles. The van der Waals surface area contributed by atoms with Crippen molar-refractivity contribution in [1.82, 2.24) is 0 Å². The zero-order valence-electron chi connectivity index (χ0n) is 10.3. The maximum absolute atomic E-state index is 12.1. The third kappa shape index (κ3) is 3.93. The lowest BCUT2D eigenvalue weighted by Gasteiger charge is -2.19. The second-order valence-corrected chi connectivity index (χ2v) is 6.20. The van der Waals surface area contributed by atoms with Crippen molar-refractivity contribution < 1.29 is 14.0 Å². The Hall–Kier alpha value is -1.61. The third-order valence-electron chi connectivity index (χ3n) is 2.69. The zero-order chi connectivity index (χ0) is 13.7. The second-order valence-electron chi connectivity index (χ2n) is 4.23. The van der Waals surface area contributed by atoms with Crippen molar-refractivity contribution in [3.05, 3.63) is 66.2 Å². The van der Waals surface area contributed by atoms with E-state index in [9.17, 15) is 9.46 Å². The molecule has 0 aliphatic rings. The van der Waals surface area contributed by atoms with E-state index in [0.29, 0.717) is 12.2 Å². The van der Waals surface area contributed by atoms with Gasteiger partial charge in [-0.2, -0.15) is 0 Å². The molecule has 2 rings (SSSR count). The van der Waals surface area contributed by atoms with Gasteiger partial charge >= 0.3 is 7.60 Å². The summed E-state index contributed by atoms with van der Waals surface area (Å²) in [5.74, 6) is -0.605. The predicted octanol–water partition coefficient (Wildman–Crippen LogP) is 2.78. The summed E-state index contributed by atoms with van der Waals surface area (Å²) in [6.07, 6.45) is 0.293. The molecular formula is C14H16NO3P. The highest BCUT2D eigenvalue weighted by Gasteiger charge is 2.30. The van der Waals surface area contributed by atoms with Crippen LogP contribution in [0.3, 0.4) is 0 Å². The molecule has 0 aromatic heterocycles. The molecule has 4 nitrogen and oxygen atoms in total. The highest BCUT2D eigenvalue weighted by Crippen LogP contribution is 2.46. The fourth-order valence-corrected chi connectivity index (χ4v) is 2.67. The van der Waals surface area contributed by atoms with Crippen molar-refractivity contribution in [2.75, 3.05) is 0 Å². The third-order valence-corrected chi connectivity index (χ3v) is 4.18. The number of para-hydroxylation sites is 1. The van der Waals surface area contributed by atoms with Gasteiger partial charge in [0.25, 0.3) is 0 Å². The van der Waals surface area contributed by atoms with Crippen LogP contribution in [0.2, 0.25) is 0 Å². The molecule has 0 aliphatic heterocycles. The van der Waals surface area contributed by atoms with Gasteiger partial charge in [0.15, 0.2) is 0 Å². The normalized spacial score (nSPS) is 15.5. The standard InChI is InChI=1S/C14H16NO3P/c15-14(11-12-7-3-1-4-8-12)19(16,17)18-13-9-5-2-6-10-13/h1-10,14H,11,15H2,(H,16,17). The first-order valence-corrected chi connectivity index (χ1v) is 7.59. The molecule has 0 radical (unpaired) electrons. The molecule has 0 bridgehead atoms. The van der Waals surface area contributed by atoms with Gasteiger partial charge < -0.3 is 15.2 Å². The van der Waals surface area contributed by atoms with Crippen LogP contribution in [0.1, 0.15) is 5.56 Å². The highest BCUT2D eigenvalue weighted by atomic mass is 31.2. The van der Waals surface area contributed by atoms with Crippen LogP contribution >= 0.6 is 7.60 Å². The average Bonchev–Trinajstić information content (AvgIpc) is 2.40. The SMILES string of the molecule is NC(Cc1ccccc1)P(=O)(O)Oc1ccccc1. The fraction of sp³-hybridized carbons (Fsp3) is 0.143. The molecule has 0 spiro atoms. The molecule has 0 fully saturated rings. The molecule has 2 atom stereocenters. The Kier molecular flexibility index (Phi) is 4.38. The van der Waals surface area contributed by atoms with Crippen LogP contribution in [0.5, 0.6) is 5.75 Å². The van der Waals surface area contributed by atoms with E-state index >= 15 is 0 Å². The van der Waals surface area contributed by atoms with Gasteiger partial charge in [-0.25, -0.2) is 4.57 Å². The van der Waals surface area contributed by atoms with Crippen LogP contribution in [0.25, 0.3) is 0 Å². The molecule has 0 saturated carbocycles. The molecular weight excluding hydrogens is 261 g/mol. The van der Waals surface area contributed by atoms with E-state index in [1.807, 2.05) is 30.3 Å². The molecule has 19 heavy (non-hydrogen) atoms. The minimum atomic E-state index is -3.89. The average molecular weight is 277 g/mol. The van der Waals surface area contributed by atoms with Gasteiger partial charge in [-0.3, -0.25) is 0 Å². The number of benzene rings is 2. The lowest BCUT2D eigenvalue weighted by molar-refractivity contribution is 0.364. The summed E-state index contributed by atoms with van der Waals surface area (Å²) >= 11 is 0. The largest absolute Gasteiger partial charge is 0.423 e. The van der Waals surface area contributed by atoms with Gasteiger partial charge in [-0.1, -0.05) is 48.5 Å². The predicted molar refractivity (Wildman–Crippen MR) is 75.0 cm³/mol. The van der Waals surface area contributed by atoms with Gasteiger partial charge in [-0.15, -0.1) is 0 Å². The fourth-order valence-electron chi connectivity index (χ4n) is 1.67. The first-order chi connectivity index (χ1) is 9.08. The quantitative estimate of drug-likeness (QED) is 0.824. The molecule has 2 unspecified atom stereocenters. The van der Waals surface area contributed by atoms with Crippen LogP contribution < -0.4 is 10.3 Å². The molecule has 0 aliphatic carbocycles. The minimum absolute atomic E-state index is 0.293. The summed E-state index contributed by atoms with van der Waals surface area (Å²) in [6, 6.07) is 17.9. The Labute approximate surface area is 112 Å². The van der Waals surface area contributed by atoms with Crippen molar-refractivity contribution >= 4 is 7.60 Å². The van der Waals surface area contributed by atoms with Crippen LogP contribution in [0.4, 0.5) is 0 Å². The molecule has 2 aromatic carbocycles. The Morgan fingerprint density at radius 2 is 1.58 bits per heavy atom. The van der Waals surface area contributed by atoms with Crippen molar-refractivity contribution in [1.29, 1.82) is 0 Å². The Balaban J connectivity index is 2.05. The summed E-state index contributed by atoms with van der Waals surface area (Å²) in [7, 11) is -3.89. The first kappa shape index (κ1) is 13.8. The number of nitrogens with two attached hydrogens (primary N) is 1. The number of hydrogen-bond acceptors (Lipinski definition) is 3. The van der Waals surface area contributed by atoms with E-state index in [-0.39, 0.29) is 0 Å². The zero-order valence-corrected chi connectivity index (χ0v) is 11.2. The lowest BCUT2D eigenvalue weighted by atomic mass is 10.2. The van der Waals surface area contributed by atoms with E-state index in [0.717, 1.165) is 5.56 Å². The number of hydrogen-bond donors (Lipinski definition) is 2. The van der Waals surface area contributed by atoms with E-state index in [4.69, 9.17) is 10.3 Å². The maximum atomic E-state index is 12.1. The van der Waals surface area contributed by atoms with Crippen LogP contribution in [0.15, 0.2) is 60.7 Å². The Morgan fingerprint density at radius 3 is 2.16 bits per heavy atom. The molecule has 3 N–H and O–H groups in total. The molecule has 100 valence electrons. The van der Waals surface area contributed by atoms with Gasteiger partial charge in [-0.05, 0) is 17.7 Å². The van der Waals surface area contributed by atoms with E-state index in [1.54, 1.807) is 30.3 Å². The first-order valence-electron chi connectivity index (χ1n) is 5.94. The van der Waals surface area contributed by atoms with Crippen molar-refractivity contribution in [3.63, 3.8) is 0 Å². The monoisotopic (exact) mass is 277 g/mol. The van der Waals surface area contributed by atoms with Crippen LogP contribution in [0, 0.1) is 0 Å². The second kappa shape index (κ2) is 6.02. The van der Waals surface area contributed by atoms with Gasteiger partial charge in [0, 0.05) is 6.42 Å². The summed E-state index contributed by atoms with van der Waals surface area (Å²) in [5, 5.41) is 0. The van der Waals surface area contributed by atoms with Crippen molar-refractivity contribution in [3.8, 4) is 5.75 Å². The minimum Gasteiger partial charge on any atom is -0.423 e. The highest BCUT2D eigenvalue weighted by molar-refractivity contribution is 7.54.